The Kier molecular flexibility index (Phi) is 5.73. The molecular weight excluding hydrogens is 240 g/mol. The van der Waals surface area contributed by atoms with E-state index in [1.807, 2.05) is 45.4 Å². The minimum atomic E-state index is -0.633. The van der Waals surface area contributed by atoms with Gasteiger partial charge in [-0.1, -0.05) is 13.8 Å². The molecule has 1 heterocycles. The van der Waals surface area contributed by atoms with Crippen LogP contribution in [0, 0.1) is 6.92 Å². The molecule has 0 aliphatic heterocycles. The van der Waals surface area contributed by atoms with E-state index in [-0.39, 0.29) is 5.78 Å². The molecule has 0 amide bonds. The SMILES string of the molecule is CCOC(CC)(CC)C(=O)Cc1cc(C)nn1CC. The van der Waals surface area contributed by atoms with Crippen molar-refractivity contribution in [2.45, 2.75) is 66.0 Å². The lowest BCUT2D eigenvalue weighted by molar-refractivity contribution is -0.144. The highest BCUT2D eigenvalue weighted by Gasteiger charge is 2.35. The highest BCUT2D eigenvalue weighted by atomic mass is 16.5. The fraction of sp³-hybridized carbons (Fsp3) is 0.733. The second kappa shape index (κ2) is 6.85. The van der Waals surface area contributed by atoms with E-state index in [0.717, 1.165) is 30.8 Å². The maximum absolute atomic E-state index is 12.6. The van der Waals surface area contributed by atoms with Gasteiger partial charge in [-0.15, -0.1) is 0 Å². The van der Waals surface area contributed by atoms with E-state index in [0.29, 0.717) is 13.0 Å². The standard InChI is InChI=1S/C15H26N2O2/c1-6-15(7-2,19-9-4)14(18)11-13-10-12(5)16-17(13)8-3/h10H,6-9,11H2,1-5H3. The van der Waals surface area contributed by atoms with Gasteiger partial charge in [-0.3, -0.25) is 9.48 Å². The van der Waals surface area contributed by atoms with Crippen molar-refractivity contribution in [3.05, 3.63) is 17.5 Å². The number of hydrogen-bond acceptors (Lipinski definition) is 3. The van der Waals surface area contributed by atoms with Crippen LogP contribution in [0.4, 0.5) is 0 Å². The molecule has 0 spiro atoms. The summed E-state index contributed by atoms with van der Waals surface area (Å²) in [5, 5.41) is 4.39. The fourth-order valence-electron chi connectivity index (χ4n) is 2.55. The molecule has 0 saturated heterocycles. The minimum absolute atomic E-state index is 0.161. The molecular formula is C15H26N2O2. The van der Waals surface area contributed by atoms with Crippen LogP contribution in [0.5, 0.6) is 0 Å². The highest BCUT2D eigenvalue weighted by molar-refractivity contribution is 5.88. The lowest BCUT2D eigenvalue weighted by Gasteiger charge is -2.30. The van der Waals surface area contributed by atoms with Crippen LogP contribution in [0.3, 0.4) is 0 Å². The molecule has 0 bridgehead atoms. The van der Waals surface area contributed by atoms with Gasteiger partial charge in [0.2, 0.25) is 0 Å². The molecule has 0 fully saturated rings. The van der Waals surface area contributed by atoms with E-state index < -0.39 is 5.60 Å². The molecule has 0 unspecified atom stereocenters. The van der Waals surface area contributed by atoms with Crippen molar-refractivity contribution in [3.8, 4) is 0 Å². The number of hydrogen-bond donors (Lipinski definition) is 0. The number of ether oxygens (including phenoxy) is 1. The molecule has 0 N–H and O–H groups in total. The first-order valence-electron chi connectivity index (χ1n) is 7.23. The number of carbonyl (C=O) groups is 1. The number of aryl methyl sites for hydroxylation is 2. The number of nitrogens with zero attached hydrogens (tertiary/aromatic N) is 2. The Morgan fingerprint density at radius 3 is 2.42 bits per heavy atom. The van der Waals surface area contributed by atoms with E-state index >= 15 is 0 Å². The van der Waals surface area contributed by atoms with Gasteiger partial charge < -0.3 is 4.74 Å². The van der Waals surface area contributed by atoms with Crippen molar-refractivity contribution in [3.63, 3.8) is 0 Å². The summed E-state index contributed by atoms with van der Waals surface area (Å²) >= 11 is 0. The summed E-state index contributed by atoms with van der Waals surface area (Å²) in [5.41, 5.74) is 1.31. The number of Topliss-reactive ketones (excluding diaryl/α,β-unsaturated/α-hetero) is 1. The second-order valence-electron chi connectivity index (χ2n) is 4.83. The van der Waals surface area contributed by atoms with Gasteiger partial charge in [0.05, 0.1) is 12.1 Å². The van der Waals surface area contributed by atoms with E-state index in [4.69, 9.17) is 4.74 Å². The predicted molar refractivity (Wildman–Crippen MR) is 76.3 cm³/mol. The number of ketones is 1. The molecule has 4 nitrogen and oxygen atoms in total. The van der Waals surface area contributed by atoms with Gasteiger partial charge in [-0.2, -0.15) is 5.10 Å². The van der Waals surface area contributed by atoms with Crippen molar-refractivity contribution in [2.75, 3.05) is 6.61 Å². The minimum Gasteiger partial charge on any atom is -0.368 e. The van der Waals surface area contributed by atoms with Gasteiger partial charge in [0.15, 0.2) is 5.78 Å². The Balaban J connectivity index is 2.92. The van der Waals surface area contributed by atoms with Gasteiger partial charge in [-0.25, -0.2) is 0 Å². The second-order valence-corrected chi connectivity index (χ2v) is 4.83. The van der Waals surface area contributed by atoms with Gasteiger partial charge in [-0.05, 0) is 39.7 Å². The third-order valence-electron chi connectivity index (χ3n) is 3.70. The lowest BCUT2D eigenvalue weighted by atomic mass is 9.89. The Hall–Kier alpha value is -1.16. The van der Waals surface area contributed by atoms with Gasteiger partial charge in [0, 0.05) is 18.8 Å². The maximum Gasteiger partial charge on any atom is 0.170 e. The van der Waals surface area contributed by atoms with Crippen molar-refractivity contribution in [2.24, 2.45) is 0 Å². The summed E-state index contributed by atoms with van der Waals surface area (Å²) in [6.07, 6.45) is 1.83. The van der Waals surface area contributed by atoms with Crippen LogP contribution in [0.2, 0.25) is 0 Å². The molecule has 0 saturated carbocycles. The Morgan fingerprint density at radius 1 is 1.32 bits per heavy atom. The molecule has 19 heavy (non-hydrogen) atoms. The number of carbonyl (C=O) groups excluding carboxylic acids is 1. The average molecular weight is 266 g/mol. The molecule has 0 radical (unpaired) electrons. The third kappa shape index (κ3) is 3.44. The average Bonchev–Trinajstić information content (AvgIpc) is 2.76. The van der Waals surface area contributed by atoms with Crippen molar-refractivity contribution >= 4 is 5.78 Å². The number of rotatable bonds is 8. The zero-order valence-electron chi connectivity index (χ0n) is 12.8. The lowest BCUT2D eigenvalue weighted by Crippen LogP contribution is -2.42. The maximum atomic E-state index is 12.6. The summed E-state index contributed by atoms with van der Waals surface area (Å²) in [6.45, 7) is 11.3. The highest BCUT2D eigenvalue weighted by Crippen LogP contribution is 2.24. The molecule has 0 aliphatic rings. The first-order valence-corrected chi connectivity index (χ1v) is 7.23. The zero-order valence-corrected chi connectivity index (χ0v) is 12.8. The Bertz CT molecular complexity index is 420. The van der Waals surface area contributed by atoms with Gasteiger partial charge in [0.1, 0.15) is 5.60 Å². The normalized spacial score (nSPS) is 11.8. The quantitative estimate of drug-likeness (QED) is 0.726. The molecule has 1 aromatic heterocycles. The van der Waals surface area contributed by atoms with Crippen LogP contribution < -0.4 is 0 Å². The Labute approximate surface area is 116 Å². The number of aromatic nitrogens is 2. The summed E-state index contributed by atoms with van der Waals surface area (Å²) < 4.78 is 7.66. The summed E-state index contributed by atoms with van der Waals surface area (Å²) in [4.78, 5) is 12.6. The van der Waals surface area contributed by atoms with Crippen LogP contribution in [0.1, 0.15) is 51.9 Å². The molecule has 0 aromatic carbocycles. The first-order chi connectivity index (χ1) is 9.02. The van der Waals surface area contributed by atoms with Gasteiger partial charge >= 0.3 is 0 Å². The monoisotopic (exact) mass is 266 g/mol. The summed E-state index contributed by atoms with van der Waals surface area (Å²) in [5.74, 6) is 0.161. The van der Waals surface area contributed by atoms with Crippen molar-refractivity contribution in [1.82, 2.24) is 9.78 Å². The largest absolute Gasteiger partial charge is 0.368 e. The van der Waals surface area contributed by atoms with Crippen molar-refractivity contribution in [1.29, 1.82) is 0 Å². The predicted octanol–water partition coefficient (Wildman–Crippen LogP) is 2.92. The van der Waals surface area contributed by atoms with E-state index in [2.05, 4.69) is 5.10 Å². The molecule has 4 heteroatoms. The van der Waals surface area contributed by atoms with Crippen LogP contribution in [-0.2, 0) is 22.5 Å². The van der Waals surface area contributed by atoms with Crippen LogP contribution in [0.15, 0.2) is 6.07 Å². The molecule has 0 aliphatic carbocycles. The summed E-state index contributed by atoms with van der Waals surface area (Å²) in [7, 11) is 0. The first kappa shape index (κ1) is 15.9. The molecule has 108 valence electrons. The van der Waals surface area contributed by atoms with E-state index in [1.54, 1.807) is 0 Å². The van der Waals surface area contributed by atoms with E-state index in [9.17, 15) is 4.79 Å². The third-order valence-corrected chi connectivity index (χ3v) is 3.70. The fourth-order valence-corrected chi connectivity index (χ4v) is 2.55. The van der Waals surface area contributed by atoms with Gasteiger partial charge in [0.25, 0.3) is 0 Å². The van der Waals surface area contributed by atoms with Crippen LogP contribution in [-0.4, -0.2) is 27.8 Å². The van der Waals surface area contributed by atoms with Crippen LogP contribution in [0.25, 0.3) is 0 Å². The molecule has 0 atom stereocenters. The smallest absolute Gasteiger partial charge is 0.170 e. The molecule has 1 aromatic rings. The van der Waals surface area contributed by atoms with E-state index in [1.165, 1.54) is 0 Å². The summed E-state index contributed by atoms with van der Waals surface area (Å²) in [6, 6.07) is 1.99. The Morgan fingerprint density at radius 2 is 1.95 bits per heavy atom. The van der Waals surface area contributed by atoms with Crippen LogP contribution >= 0.6 is 0 Å². The molecule has 1 rings (SSSR count). The topological polar surface area (TPSA) is 44.1 Å². The van der Waals surface area contributed by atoms with Crippen molar-refractivity contribution < 1.29 is 9.53 Å². The zero-order chi connectivity index (χ0) is 14.5.